The number of nitrogens with zero attached hydrogens (tertiary/aromatic N) is 2. The lowest BCUT2D eigenvalue weighted by molar-refractivity contribution is 0.0687. The van der Waals surface area contributed by atoms with Crippen molar-refractivity contribution in [2.75, 3.05) is 0 Å². The lowest BCUT2D eigenvalue weighted by Gasteiger charge is -2.19. The molecule has 0 aliphatic heterocycles. The number of Topliss-reactive ketones (excluding diaryl/α,β-unsaturated/α-hetero) is 1. The van der Waals surface area contributed by atoms with Crippen molar-refractivity contribution in [1.82, 2.24) is 9.78 Å². The van der Waals surface area contributed by atoms with Gasteiger partial charge in [-0.15, -0.1) is 0 Å². The first-order valence-corrected chi connectivity index (χ1v) is 8.97. The normalized spacial score (nSPS) is 11.9. The van der Waals surface area contributed by atoms with Crippen LogP contribution in [0.1, 0.15) is 32.5 Å². The van der Waals surface area contributed by atoms with Gasteiger partial charge in [0.25, 0.3) is 5.56 Å². The van der Waals surface area contributed by atoms with E-state index in [9.17, 15) is 19.5 Å². The average Bonchev–Trinajstić information content (AvgIpc) is 2.76. The minimum Gasteiger partial charge on any atom is -0.476 e. The van der Waals surface area contributed by atoms with Crippen molar-refractivity contribution >= 4 is 22.5 Å². The zero-order valence-corrected chi connectivity index (χ0v) is 15.2. The van der Waals surface area contributed by atoms with Crippen LogP contribution in [0.5, 0.6) is 0 Å². The molecule has 142 valence electrons. The van der Waals surface area contributed by atoms with Gasteiger partial charge in [-0.2, -0.15) is 5.10 Å². The van der Waals surface area contributed by atoms with Crippen molar-refractivity contribution in [3.05, 3.63) is 112 Å². The van der Waals surface area contributed by atoms with Crippen molar-refractivity contribution in [3.8, 4) is 0 Å². The number of ketones is 1. The summed E-state index contributed by atoms with van der Waals surface area (Å²) in [6, 6.07) is 22.6. The molecule has 0 radical (unpaired) electrons. The van der Waals surface area contributed by atoms with Crippen LogP contribution in [0, 0.1) is 0 Å². The lowest BCUT2D eigenvalue weighted by Crippen LogP contribution is -2.34. The van der Waals surface area contributed by atoms with E-state index in [1.54, 1.807) is 72.8 Å². The van der Waals surface area contributed by atoms with Crippen LogP contribution in [0.3, 0.4) is 0 Å². The Kier molecular flexibility index (Phi) is 4.75. The monoisotopic (exact) mass is 384 g/mol. The van der Waals surface area contributed by atoms with Gasteiger partial charge in [0.2, 0.25) is 0 Å². The van der Waals surface area contributed by atoms with Gasteiger partial charge in [-0.05, 0) is 11.6 Å². The first-order valence-electron chi connectivity index (χ1n) is 8.97. The highest BCUT2D eigenvalue weighted by Crippen LogP contribution is 2.23. The van der Waals surface area contributed by atoms with E-state index in [0.717, 1.165) is 4.68 Å². The average molecular weight is 384 g/mol. The molecular weight excluding hydrogens is 368 g/mol. The molecular formula is C23H16N2O4. The zero-order valence-electron chi connectivity index (χ0n) is 15.2. The standard InChI is InChI=1S/C23H16N2O4/c26-21(16-11-5-2-6-12-16)20(15-9-3-1-4-10-15)25-22(27)18-14-8-7-13-17(18)19(24-25)23(28)29/h1-14,20H,(H,28,29)/t20-/m1/s1. The van der Waals surface area contributed by atoms with Crippen molar-refractivity contribution in [2.45, 2.75) is 6.04 Å². The summed E-state index contributed by atoms with van der Waals surface area (Å²) in [4.78, 5) is 38.4. The quantitative estimate of drug-likeness (QED) is 0.532. The molecule has 1 aromatic heterocycles. The number of hydrogen-bond donors (Lipinski definition) is 1. The molecule has 3 aromatic carbocycles. The summed E-state index contributed by atoms with van der Waals surface area (Å²) in [5.74, 6) is -1.62. The second-order valence-corrected chi connectivity index (χ2v) is 6.49. The molecule has 0 bridgehead atoms. The maximum absolute atomic E-state index is 13.4. The summed E-state index contributed by atoms with van der Waals surface area (Å²) >= 11 is 0. The number of aromatic nitrogens is 2. The van der Waals surface area contributed by atoms with E-state index >= 15 is 0 Å². The molecule has 29 heavy (non-hydrogen) atoms. The van der Waals surface area contributed by atoms with Crippen LogP contribution in [0.15, 0.2) is 89.7 Å². The number of aromatic carboxylic acids is 1. The smallest absolute Gasteiger partial charge is 0.357 e. The summed E-state index contributed by atoms with van der Waals surface area (Å²) < 4.78 is 0.983. The van der Waals surface area contributed by atoms with E-state index in [1.807, 2.05) is 0 Å². The van der Waals surface area contributed by atoms with Gasteiger partial charge in [-0.1, -0.05) is 78.9 Å². The highest BCUT2D eigenvalue weighted by Gasteiger charge is 2.28. The number of carbonyl (C=O) groups is 2. The Morgan fingerprint density at radius 3 is 1.97 bits per heavy atom. The third kappa shape index (κ3) is 3.32. The molecule has 1 N–H and O–H groups in total. The number of rotatable bonds is 5. The summed E-state index contributed by atoms with van der Waals surface area (Å²) in [6.45, 7) is 0. The highest BCUT2D eigenvalue weighted by molar-refractivity contribution is 6.03. The Morgan fingerprint density at radius 1 is 0.793 bits per heavy atom. The van der Waals surface area contributed by atoms with Gasteiger partial charge in [-0.25, -0.2) is 9.48 Å². The van der Waals surface area contributed by atoms with Crippen LogP contribution in [0.4, 0.5) is 0 Å². The SMILES string of the molecule is O=C(O)c1nn([C@@H](C(=O)c2ccccc2)c2ccccc2)c(=O)c2ccccc12. The minimum absolute atomic E-state index is 0.196. The van der Waals surface area contributed by atoms with Crippen LogP contribution in [-0.4, -0.2) is 26.6 Å². The predicted molar refractivity (Wildman–Crippen MR) is 108 cm³/mol. The van der Waals surface area contributed by atoms with E-state index < -0.39 is 17.6 Å². The van der Waals surface area contributed by atoms with E-state index in [2.05, 4.69) is 5.10 Å². The molecule has 0 saturated carbocycles. The fourth-order valence-electron chi connectivity index (χ4n) is 3.34. The van der Waals surface area contributed by atoms with Crippen LogP contribution < -0.4 is 5.56 Å². The van der Waals surface area contributed by atoms with Gasteiger partial charge in [0.05, 0.1) is 5.39 Å². The Balaban J connectivity index is 2.02. The molecule has 1 atom stereocenters. The summed E-state index contributed by atoms with van der Waals surface area (Å²) in [5, 5.41) is 14.2. The molecule has 6 nitrogen and oxygen atoms in total. The Hall–Kier alpha value is -4.06. The van der Waals surface area contributed by atoms with E-state index in [4.69, 9.17) is 0 Å². The molecule has 0 aliphatic carbocycles. The molecule has 0 unspecified atom stereocenters. The number of carbonyl (C=O) groups excluding carboxylic acids is 1. The molecule has 0 saturated heterocycles. The van der Waals surface area contributed by atoms with Crippen LogP contribution in [0.2, 0.25) is 0 Å². The van der Waals surface area contributed by atoms with Gasteiger partial charge >= 0.3 is 5.97 Å². The second kappa shape index (κ2) is 7.52. The highest BCUT2D eigenvalue weighted by atomic mass is 16.4. The summed E-state index contributed by atoms with van der Waals surface area (Å²) in [6.07, 6.45) is 0. The lowest BCUT2D eigenvalue weighted by atomic mass is 9.97. The molecule has 0 fully saturated rings. The molecule has 0 aliphatic rings. The molecule has 4 rings (SSSR count). The first kappa shape index (κ1) is 18.3. The Bertz CT molecular complexity index is 1260. The van der Waals surface area contributed by atoms with E-state index in [0.29, 0.717) is 11.1 Å². The number of carboxylic acid groups (broad SMARTS) is 1. The molecule has 0 amide bonds. The van der Waals surface area contributed by atoms with Crippen molar-refractivity contribution in [1.29, 1.82) is 0 Å². The maximum Gasteiger partial charge on any atom is 0.357 e. The van der Waals surface area contributed by atoms with Crippen LogP contribution >= 0.6 is 0 Å². The van der Waals surface area contributed by atoms with Gasteiger partial charge in [0.1, 0.15) is 6.04 Å². The van der Waals surface area contributed by atoms with Crippen molar-refractivity contribution in [3.63, 3.8) is 0 Å². The zero-order chi connectivity index (χ0) is 20.4. The van der Waals surface area contributed by atoms with Gasteiger partial charge in [0.15, 0.2) is 11.5 Å². The first-order chi connectivity index (χ1) is 14.1. The van der Waals surface area contributed by atoms with Crippen LogP contribution in [0.25, 0.3) is 10.8 Å². The Morgan fingerprint density at radius 2 is 1.34 bits per heavy atom. The summed E-state index contributed by atoms with van der Waals surface area (Å²) in [5.41, 5.74) is 0.147. The van der Waals surface area contributed by atoms with Gasteiger partial charge in [0, 0.05) is 10.9 Å². The van der Waals surface area contributed by atoms with Crippen molar-refractivity contribution in [2.24, 2.45) is 0 Å². The fraction of sp³-hybridized carbons (Fsp3) is 0.0435. The third-order valence-electron chi connectivity index (χ3n) is 4.70. The molecule has 1 heterocycles. The van der Waals surface area contributed by atoms with Crippen molar-refractivity contribution < 1.29 is 14.7 Å². The summed E-state index contributed by atoms with van der Waals surface area (Å²) in [7, 11) is 0. The van der Waals surface area contributed by atoms with Crippen LogP contribution in [-0.2, 0) is 0 Å². The molecule has 0 spiro atoms. The largest absolute Gasteiger partial charge is 0.476 e. The Labute approximate surface area is 165 Å². The maximum atomic E-state index is 13.4. The van der Waals surface area contributed by atoms with Gasteiger partial charge in [-0.3, -0.25) is 9.59 Å². The number of fused-ring (bicyclic) bond motifs is 1. The third-order valence-corrected chi connectivity index (χ3v) is 4.70. The fourth-order valence-corrected chi connectivity index (χ4v) is 3.34. The number of hydrogen-bond acceptors (Lipinski definition) is 4. The molecule has 4 aromatic rings. The topological polar surface area (TPSA) is 89.3 Å². The second-order valence-electron chi connectivity index (χ2n) is 6.49. The number of benzene rings is 3. The van der Waals surface area contributed by atoms with Gasteiger partial charge < -0.3 is 5.11 Å². The van der Waals surface area contributed by atoms with E-state index in [1.165, 1.54) is 12.1 Å². The predicted octanol–water partition coefficient (Wildman–Crippen LogP) is 3.57. The number of carboxylic acids is 1. The minimum atomic E-state index is -1.27. The molecule has 6 heteroatoms. The van der Waals surface area contributed by atoms with E-state index in [-0.39, 0.29) is 22.2 Å².